The molecule has 98 valence electrons. The van der Waals surface area contributed by atoms with Crippen LogP contribution < -0.4 is 0 Å². The Balaban J connectivity index is 2.07. The first-order valence-electron chi connectivity index (χ1n) is 6.76. The van der Waals surface area contributed by atoms with Gasteiger partial charge in [-0.1, -0.05) is 6.92 Å². The second-order valence-electron chi connectivity index (χ2n) is 6.28. The van der Waals surface area contributed by atoms with Gasteiger partial charge in [0, 0.05) is 18.8 Å². The molecule has 3 nitrogen and oxygen atoms in total. The van der Waals surface area contributed by atoms with Crippen LogP contribution in [0.5, 0.6) is 0 Å². The van der Waals surface area contributed by atoms with E-state index in [0.717, 1.165) is 25.7 Å². The smallest absolute Gasteiger partial charge is 0.306 e. The van der Waals surface area contributed by atoms with Crippen LogP contribution in [0.1, 0.15) is 59.8 Å². The SMILES string of the molecule is CCCC(=O)O[C@H]1C[C@]2(C)CC[C@H]1C(C)(C)O2. The van der Waals surface area contributed by atoms with Crippen LogP contribution in [-0.4, -0.2) is 23.3 Å². The van der Waals surface area contributed by atoms with Crippen LogP contribution in [-0.2, 0) is 14.3 Å². The molecule has 0 aromatic heterocycles. The summed E-state index contributed by atoms with van der Waals surface area (Å²) < 4.78 is 11.8. The Morgan fingerprint density at radius 2 is 2.12 bits per heavy atom. The third kappa shape index (κ3) is 2.49. The van der Waals surface area contributed by atoms with Gasteiger partial charge in [-0.25, -0.2) is 0 Å². The zero-order valence-corrected chi connectivity index (χ0v) is 11.4. The van der Waals surface area contributed by atoms with E-state index >= 15 is 0 Å². The number of rotatable bonds is 3. The monoisotopic (exact) mass is 240 g/mol. The Bertz CT molecular complexity index is 308. The summed E-state index contributed by atoms with van der Waals surface area (Å²) in [5.41, 5.74) is -0.266. The third-order valence-corrected chi connectivity index (χ3v) is 4.21. The Morgan fingerprint density at radius 1 is 1.41 bits per heavy atom. The van der Waals surface area contributed by atoms with Crippen LogP contribution in [0.15, 0.2) is 0 Å². The standard InChI is InChI=1S/C14H24O3/c1-5-6-12(15)16-11-9-14(4)8-7-10(11)13(2,3)17-14/h10-11H,5-9H2,1-4H3/t10-,11+,14+/m1/s1. The van der Waals surface area contributed by atoms with E-state index in [2.05, 4.69) is 20.8 Å². The fourth-order valence-corrected chi connectivity index (χ4v) is 3.47. The van der Waals surface area contributed by atoms with E-state index in [1.165, 1.54) is 0 Å². The maximum atomic E-state index is 11.6. The van der Waals surface area contributed by atoms with Crippen molar-refractivity contribution in [1.82, 2.24) is 0 Å². The fraction of sp³-hybridized carbons (Fsp3) is 0.929. The summed E-state index contributed by atoms with van der Waals surface area (Å²) in [7, 11) is 0. The highest BCUT2D eigenvalue weighted by molar-refractivity contribution is 5.69. The molecule has 1 aliphatic carbocycles. The van der Waals surface area contributed by atoms with E-state index < -0.39 is 0 Å². The predicted octanol–water partition coefficient (Wildman–Crippen LogP) is 3.07. The van der Waals surface area contributed by atoms with Gasteiger partial charge in [0.2, 0.25) is 0 Å². The van der Waals surface area contributed by atoms with Crippen molar-refractivity contribution in [2.45, 2.75) is 77.1 Å². The van der Waals surface area contributed by atoms with Crippen molar-refractivity contribution in [2.24, 2.45) is 5.92 Å². The molecule has 17 heavy (non-hydrogen) atoms. The van der Waals surface area contributed by atoms with Gasteiger partial charge in [0.1, 0.15) is 6.10 Å². The molecule has 2 bridgehead atoms. The van der Waals surface area contributed by atoms with Crippen LogP contribution in [0, 0.1) is 5.92 Å². The minimum atomic E-state index is -0.164. The number of ether oxygens (including phenoxy) is 2. The van der Waals surface area contributed by atoms with Gasteiger partial charge in [0.05, 0.1) is 11.2 Å². The first-order chi connectivity index (χ1) is 7.86. The molecule has 1 saturated carbocycles. The lowest BCUT2D eigenvalue weighted by molar-refractivity contribution is -0.267. The molecule has 3 rings (SSSR count). The third-order valence-electron chi connectivity index (χ3n) is 4.21. The summed E-state index contributed by atoms with van der Waals surface area (Å²) in [6.07, 6.45) is 4.48. The number of carbonyl (C=O) groups is 1. The molecule has 3 fully saturated rings. The fourth-order valence-electron chi connectivity index (χ4n) is 3.47. The lowest BCUT2D eigenvalue weighted by atomic mass is 9.67. The van der Waals surface area contributed by atoms with Crippen molar-refractivity contribution < 1.29 is 14.3 Å². The summed E-state index contributed by atoms with van der Waals surface area (Å²) in [4.78, 5) is 11.6. The Labute approximate surface area is 104 Å². The molecule has 3 heteroatoms. The molecular formula is C14H24O3. The Hall–Kier alpha value is -0.570. The lowest BCUT2D eigenvalue weighted by Crippen LogP contribution is -2.60. The molecule has 3 atom stereocenters. The van der Waals surface area contributed by atoms with Crippen LogP contribution in [0.4, 0.5) is 0 Å². The Kier molecular flexibility index (Phi) is 3.23. The lowest BCUT2D eigenvalue weighted by Gasteiger charge is -2.56. The second kappa shape index (κ2) is 4.27. The topological polar surface area (TPSA) is 35.5 Å². The highest BCUT2D eigenvalue weighted by atomic mass is 16.6. The number of hydrogen-bond acceptors (Lipinski definition) is 3. The molecule has 0 radical (unpaired) electrons. The van der Waals surface area contributed by atoms with Gasteiger partial charge in [-0.05, 0) is 40.0 Å². The van der Waals surface area contributed by atoms with Crippen molar-refractivity contribution in [3.8, 4) is 0 Å². The average molecular weight is 240 g/mol. The summed E-state index contributed by atoms with van der Waals surface area (Å²) in [6.45, 7) is 8.39. The van der Waals surface area contributed by atoms with Gasteiger partial charge in [0.15, 0.2) is 0 Å². The highest BCUT2D eigenvalue weighted by Gasteiger charge is 2.54. The van der Waals surface area contributed by atoms with Gasteiger partial charge in [0.25, 0.3) is 0 Å². The van der Waals surface area contributed by atoms with E-state index in [4.69, 9.17) is 9.47 Å². The van der Waals surface area contributed by atoms with Crippen molar-refractivity contribution >= 4 is 5.97 Å². The maximum Gasteiger partial charge on any atom is 0.306 e. The minimum absolute atomic E-state index is 0.0514. The number of carbonyl (C=O) groups excluding carboxylic acids is 1. The van der Waals surface area contributed by atoms with E-state index in [-0.39, 0.29) is 23.3 Å². The van der Waals surface area contributed by atoms with Gasteiger partial charge in [-0.2, -0.15) is 0 Å². The quantitative estimate of drug-likeness (QED) is 0.711. The molecular weight excluding hydrogens is 216 g/mol. The average Bonchev–Trinajstić information content (AvgIpc) is 2.14. The van der Waals surface area contributed by atoms with Crippen LogP contribution in [0.3, 0.4) is 0 Å². The van der Waals surface area contributed by atoms with E-state index in [1.54, 1.807) is 0 Å². The predicted molar refractivity (Wildman–Crippen MR) is 65.7 cm³/mol. The van der Waals surface area contributed by atoms with Gasteiger partial charge in [-0.3, -0.25) is 4.79 Å². The van der Waals surface area contributed by atoms with Gasteiger partial charge in [-0.15, -0.1) is 0 Å². The van der Waals surface area contributed by atoms with E-state index in [1.807, 2.05) is 6.92 Å². The minimum Gasteiger partial charge on any atom is -0.462 e. The molecule has 0 unspecified atom stereocenters. The molecule has 0 aromatic carbocycles. The van der Waals surface area contributed by atoms with Gasteiger partial charge < -0.3 is 9.47 Å². The summed E-state index contributed by atoms with van der Waals surface area (Å²) in [6, 6.07) is 0. The number of hydrogen-bond donors (Lipinski definition) is 0. The maximum absolute atomic E-state index is 11.6. The van der Waals surface area contributed by atoms with Gasteiger partial charge >= 0.3 is 5.97 Å². The first kappa shape index (κ1) is 12.9. The molecule has 0 amide bonds. The van der Waals surface area contributed by atoms with E-state index in [9.17, 15) is 4.79 Å². The van der Waals surface area contributed by atoms with Crippen molar-refractivity contribution in [3.63, 3.8) is 0 Å². The molecule has 2 saturated heterocycles. The molecule has 3 aliphatic rings. The number of esters is 1. The first-order valence-corrected chi connectivity index (χ1v) is 6.76. The Morgan fingerprint density at radius 3 is 2.65 bits per heavy atom. The van der Waals surface area contributed by atoms with E-state index in [0.29, 0.717) is 12.3 Å². The molecule has 2 heterocycles. The molecule has 0 N–H and O–H groups in total. The largest absolute Gasteiger partial charge is 0.462 e. The normalized spacial score (nSPS) is 39.1. The van der Waals surface area contributed by atoms with Crippen molar-refractivity contribution in [3.05, 3.63) is 0 Å². The summed E-state index contributed by atoms with van der Waals surface area (Å²) >= 11 is 0. The van der Waals surface area contributed by atoms with Crippen LogP contribution in [0.2, 0.25) is 0 Å². The summed E-state index contributed by atoms with van der Waals surface area (Å²) in [5.74, 6) is 0.301. The number of fused-ring (bicyclic) bond motifs is 3. The zero-order valence-electron chi connectivity index (χ0n) is 11.4. The van der Waals surface area contributed by atoms with Crippen molar-refractivity contribution in [1.29, 1.82) is 0 Å². The van der Waals surface area contributed by atoms with Crippen molar-refractivity contribution in [2.75, 3.05) is 0 Å². The molecule has 0 spiro atoms. The van der Waals surface area contributed by atoms with Crippen LogP contribution in [0.25, 0.3) is 0 Å². The highest BCUT2D eigenvalue weighted by Crippen LogP contribution is 2.50. The molecule has 0 aromatic rings. The second-order valence-corrected chi connectivity index (χ2v) is 6.28. The van der Waals surface area contributed by atoms with Crippen LogP contribution >= 0.6 is 0 Å². The molecule has 2 aliphatic heterocycles. The summed E-state index contributed by atoms with van der Waals surface area (Å²) in [5, 5.41) is 0. The zero-order chi connectivity index (χ0) is 12.7.